The van der Waals surface area contributed by atoms with Crippen molar-refractivity contribution in [3.05, 3.63) is 0 Å². The van der Waals surface area contributed by atoms with Crippen molar-refractivity contribution in [3.8, 4) is 0 Å². The van der Waals surface area contributed by atoms with Crippen LogP contribution in [0.4, 0.5) is 0 Å². The quantitative estimate of drug-likeness (QED) is 0.668. The van der Waals surface area contributed by atoms with Crippen molar-refractivity contribution >= 4 is 5.91 Å². The lowest BCUT2D eigenvalue weighted by Crippen LogP contribution is -2.35. The maximum atomic E-state index is 11.3. The maximum absolute atomic E-state index is 11.3. The average Bonchev–Trinajstić information content (AvgIpc) is 2.72. The Balaban J connectivity index is 1.84. The van der Waals surface area contributed by atoms with Crippen LogP contribution >= 0.6 is 0 Å². The zero-order chi connectivity index (χ0) is 8.55. The van der Waals surface area contributed by atoms with Crippen molar-refractivity contribution in [1.29, 1.82) is 0 Å². The number of nitrogens with zero attached hydrogens (tertiary/aromatic N) is 1. The predicted octanol–water partition coefficient (Wildman–Crippen LogP) is 0.564. The fourth-order valence-corrected chi connectivity index (χ4v) is 1.84. The first-order chi connectivity index (χ1) is 5.77. The first-order valence-corrected chi connectivity index (χ1v) is 4.77. The van der Waals surface area contributed by atoms with Crippen molar-refractivity contribution in [2.45, 2.75) is 32.2 Å². The Labute approximate surface area is 73.1 Å². The molecule has 68 valence electrons. The Morgan fingerprint density at radius 2 is 2.42 bits per heavy atom. The minimum Gasteiger partial charge on any atom is -0.326 e. The summed E-state index contributed by atoms with van der Waals surface area (Å²) in [5.74, 6) is 1.18. The summed E-state index contributed by atoms with van der Waals surface area (Å²) >= 11 is 0. The van der Waals surface area contributed by atoms with Gasteiger partial charge in [-0.05, 0) is 19.3 Å². The van der Waals surface area contributed by atoms with Crippen molar-refractivity contribution in [2.75, 3.05) is 13.2 Å². The summed E-state index contributed by atoms with van der Waals surface area (Å²) in [5.41, 5.74) is 0. The third kappa shape index (κ3) is 1.61. The van der Waals surface area contributed by atoms with E-state index in [4.69, 9.17) is 0 Å². The summed E-state index contributed by atoms with van der Waals surface area (Å²) in [7, 11) is 0. The van der Waals surface area contributed by atoms with Gasteiger partial charge in [0.2, 0.25) is 5.91 Å². The zero-order valence-electron chi connectivity index (χ0n) is 7.55. The van der Waals surface area contributed by atoms with E-state index in [9.17, 15) is 4.79 Å². The predicted molar refractivity (Wildman–Crippen MR) is 46.5 cm³/mol. The van der Waals surface area contributed by atoms with Crippen LogP contribution in [0.1, 0.15) is 26.2 Å². The van der Waals surface area contributed by atoms with Crippen molar-refractivity contribution in [2.24, 2.45) is 5.92 Å². The van der Waals surface area contributed by atoms with E-state index < -0.39 is 0 Å². The lowest BCUT2D eigenvalue weighted by Gasteiger charge is -2.23. The van der Waals surface area contributed by atoms with Crippen molar-refractivity contribution in [3.63, 3.8) is 0 Å². The van der Waals surface area contributed by atoms with Gasteiger partial charge >= 0.3 is 0 Å². The molecule has 1 atom stereocenters. The van der Waals surface area contributed by atoms with Gasteiger partial charge in [0.15, 0.2) is 0 Å². The van der Waals surface area contributed by atoms with Crippen LogP contribution in [0, 0.1) is 5.92 Å². The average molecular weight is 168 g/mol. The fourth-order valence-electron chi connectivity index (χ4n) is 1.84. The Bertz CT molecular complexity index is 189. The van der Waals surface area contributed by atoms with E-state index in [0.717, 1.165) is 12.6 Å². The molecular weight excluding hydrogens is 152 g/mol. The molecule has 1 amide bonds. The number of carbonyl (C=O) groups is 1. The highest BCUT2D eigenvalue weighted by atomic mass is 16.2. The minimum absolute atomic E-state index is 0.267. The molecule has 0 aromatic rings. The monoisotopic (exact) mass is 168 g/mol. The van der Waals surface area contributed by atoms with E-state index in [-0.39, 0.29) is 5.91 Å². The molecule has 0 radical (unpaired) electrons. The Kier molecular flexibility index (Phi) is 2.05. The number of hydrogen-bond donors (Lipinski definition) is 1. The number of amides is 1. The highest BCUT2D eigenvalue weighted by Crippen LogP contribution is 2.34. The van der Waals surface area contributed by atoms with Crippen molar-refractivity contribution < 1.29 is 4.79 Å². The lowest BCUT2D eigenvalue weighted by molar-refractivity contribution is -0.128. The second-order valence-corrected chi connectivity index (χ2v) is 3.98. The van der Waals surface area contributed by atoms with Crippen LogP contribution < -0.4 is 5.32 Å². The molecule has 3 nitrogen and oxygen atoms in total. The molecule has 1 aliphatic heterocycles. The van der Waals surface area contributed by atoms with Crippen LogP contribution in [0.5, 0.6) is 0 Å². The van der Waals surface area contributed by atoms with Gasteiger partial charge in [0, 0.05) is 6.04 Å². The van der Waals surface area contributed by atoms with E-state index in [1.165, 1.54) is 19.3 Å². The largest absolute Gasteiger partial charge is 0.326 e. The number of nitrogens with one attached hydrogen (secondary N) is 1. The molecule has 0 aromatic carbocycles. The molecule has 1 saturated heterocycles. The maximum Gasteiger partial charge on any atom is 0.237 e. The fraction of sp³-hybridized carbons (Fsp3) is 0.889. The second kappa shape index (κ2) is 3.05. The first kappa shape index (κ1) is 8.05. The number of hydrogen-bond acceptors (Lipinski definition) is 2. The van der Waals surface area contributed by atoms with E-state index in [1.807, 2.05) is 4.90 Å². The Morgan fingerprint density at radius 1 is 1.67 bits per heavy atom. The molecule has 2 fully saturated rings. The van der Waals surface area contributed by atoms with Crippen LogP contribution in [-0.4, -0.2) is 30.1 Å². The third-order valence-corrected chi connectivity index (χ3v) is 2.78. The van der Waals surface area contributed by atoms with E-state index in [2.05, 4.69) is 12.2 Å². The topological polar surface area (TPSA) is 32.3 Å². The van der Waals surface area contributed by atoms with Gasteiger partial charge < -0.3 is 4.90 Å². The van der Waals surface area contributed by atoms with Crippen LogP contribution in [-0.2, 0) is 4.79 Å². The first-order valence-electron chi connectivity index (χ1n) is 4.77. The van der Waals surface area contributed by atoms with Gasteiger partial charge in [-0.1, -0.05) is 12.8 Å². The molecule has 1 heterocycles. The summed E-state index contributed by atoms with van der Waals surface area (Å²) < 4.78 is 0. The zero-order valence-corrected chi connectivity index (χ0v) is 7.55. The number of rotatable bonds is 3. The summed E-state index contributed by atoms with van der Waals surface area (Å²) in [6.07, 6.45) is 3.95. The highest BCUT2D eigenvalue weighted by molar-refractivity contribution is 5.80. The Morgan fingerprint density at radius 3 is 2.92 bits per heavy atom. The van der Waals surface area contributed by atoms with Crippen molar-refractivity contribution in [1.82, 2.24) is 10.2 Å². The third-order valence-electron chi connectivity index (χ3n) is 2.78. The Hall–Kier alpha value is -0.570. The SMILES string of the molecule is CC(CC1CC1)N1CNCC1=O. The molecule has 1 saturated carbocycles. The molecule has 1 N–H and O–H groups in total. The summed E-state index contributed by atoms with van der Waals surface area (Å²) in [4.78, 5) is 13.2. The lowest BCUT2D eigenvalue weighted by atomic mass is 10.1. The van der Waals surface area contributed by atoms with E-state index in [1.54, 1.807) is 0 Å². The van der Waals surface area contributed by atoms with Crippen LogP contribution in [0.25, 0.3) is 0 Å². The second-order valence-electron chi connectivity index (χ2n) is 3.98. The standard InChI is InChI=1S/C9H16N2O/c1-7(4-8-2-3-8)11-6-10-5-9(11)12/h7-8,10H,2-6H2,1H3. The molecule has 2 aliphatic rings. The summed E-state index contributed by atoms with van der Waals surface area (Å²) in [6.45, 7) is 3.45. The van der Waals surface area contributed by atoms with Gasteiger partial charge in [0.05, 0.1) is 13.2 Å². The number of carbonyl (C=O) groups excluding carboxylic acids is 1. The van der Waals surface area contributed by atoms with Gasteiger partial charge in [0.25, 0.3) is 0 Å². The van der Waals surface area contributed by atoms with Crippen LogP contribution in [0.3, 0.4) is 0 Å². The van der Waals surface area contributed by atoms with Gasteiger partial charge in [-0.15, -0.1) is 0 Å². The van der Waals surface area contributed by atoms with Crippen LogP contribution in [0.15, 0.2) is 0 Å². The van der Waals surface area contributed by atoms with Gasteiger partial charge in [-0.3, -0.25) is 10.1 Å². The van der Waals surface area contributed by atoms with Crippen LogP contribution in [0.2, 0.25) is 0 Å². The molecular formula is C9H16N2O. The minimum atomic E-state index is 0.267. The molecule has 12 heavy (non-hydrogen) atoms. The molecule has 0 spiro atoms. The molecule has 0 bridgehead atoms. The van der Waals surface area contributed by atoms with E-state index in [0.29, 0.717) is 12.6 Å². The molecule has 0 aromatic heterocycles. The highest BCUT2D eigenvalue weighted by Gasteiger charge is 2.30. The molecule has 1 unspecified atom stereocenters. The summed E-state index contributed by atoms with van der Waals surface area (Å²) in [6, 6.07) is 0.444. The van der Waals surface area contributed by atoms with Gasteiger partial charge in [-0.25, -0.2) is 0 Å². The molecule has 3 heteroatoms. The smallest absolute Gasteiger partial charge is 0.237 e. The van der Waals surface area contributed by atoms with E-state index >= 15 is 0 Å². The van der Waals surface area contributed by atoms with Gasteiger partial charge in [0.1, 0.15) is 0 Å². The van der Waals surface area contributed by atoms with Gasteiger partial charge in [-0.2, -0.15) is 0 Å². The summed E-state index contributed by atoms with van der Waals surface area (Å²) in [5, 5.41) is 3.07. The normalized spacial score (nSPS) is 26.4. The molecule has 1 aliphatic carbocycles. The molecule has 2 rings (SSSR count).